The summed E-state index contributed by atoms with van der Waals surface area (Å²) in [6.45, 7) is 2.70. The lowest BCUT2D eigenvalue weighted by Gasteiger charge is -2.26. The zero-order valence-corrected chi connectivity index (χ0v) is 19.0. The van der Waals surface area contributed by atoms with Crippen molar-refractivity contribution >= 4 is 29.6 Å². The third kappa shape index (κ3) is 5.55. The number of hydrogen-bond acceptors (Lipinski definition) is 5. The molecule has 0 radical (unpaired) electrons. The Morgan fingerprint density at radius 3 is 2.34 bits per heavy atom. The smallest absolute Gasteiger partial charge is 0.335 e. The van der Waals surface area contributed by atoms with Gasteiger partial charge in [0.2, 0.25) is 0 Å². The molecule has 3 aromatic carbocycles. The molecule has 0 unspecified atom stereocenters. The van der Waals surface area contributed by atoms with Gasteiger partial charge in [-0.15, -0.1) is 0 Å². The lowest BCUT2D eigenvalue weighted by atomic mass is 10.1. The molecule has 1 aliphatic rings. The first-order valence-electron chi connectivity index (χ1n) is 11.1. The Labute approximate surface area is 201 Å². The second-order valence-corrected chi connectivity index (χ2v) is 7.75. The number of hydrogen-bond donors (Lipinski definition) is 1. The van der Waals surface area contributed by atoms with Gasteiger partial charge in [-0.1, -0.05) is 37.3 Å². The van der Waals surface area contributed by atoms with E-state index in [0.717, 1.165) is 16.9 Å². The van der Waals surface area contributed by atoms with Crippen LogP contribution in [0.2, 0.25) is 0 Å². The molecule has 8 heteroatoms. The minimum absolute atomic E-state index is 0.164. The van der Waals surface area contributed by atoms with Gasteiger partial charge in [0, 0.05) is 5.56 Å². The lowest BCUT2D eigenvalue weighted by Crippen LogP contribution is -2.54. The monoisotopic (exact) mass is 474 g/mol. The SMILES string of the molecule is CCCOc1ccc(N2C(=O)NC(=O)/C(=C/c3ccccc3OCc3ccc(F)cc3)C2=O)cc1. The largest absolute Gasteiger partial charge is 0.494 e. The first kappa shape index (κ1) is 23.7. The fourth-order valence-electron chi connectivity index (χ4n) is 3.43. The summed E-state index contributed by atoms with van der Waals surface area (Å²) in [6, 6.07) is 18.4. The first-order valence-corrected chi connectivity index (χ1v) is 11.1. The van der Waals surface area contributed by atoms with Gasteiger partial charge in [-0.25, -0.2) is 14.1 Å². The molecule has 0 atom stereocenters. The number of para-hydroxylation sites is 1. The molecule has 0 aromatic heterocycles. The van der Waals surface area contributed by atoms with Crippen molar-refractivity contribution in [1.29, 1.82) is 0 Å². The van der Waals surface area contributed by atoms with E-state index >= 15 is 0 Å². The maximum atomic E-state index is 13.2. The Hall–Kier alpha value is -4.46. The Kier molecular flexibility index (Phi) is 7.21. The van der Waals surface area contributed by atoms with E-state index in [0.29, 0.717) is 29.4 Å². The highest BCUT2D eigenvalue weighted by Crippen LogP contribution is 2.27. The van der Waals surface area contributed by atoms with Gasteiger partial charge >= 0.3 is 6.03 Å². The molecular formula is C27H23FN2O5. The zero-order chi connectivity index (χ0) is 24.8. The molecule has 1 aliphatic heterocycles. The van der Waals surface area contributed by atoms with Crippen molar-refractivity contribution in [3.8, 4) is 11.5 Å². The summed E-state index contributed by atoms with van der Waals surface area (Å²) in [5, 5.41) is 2.21. The third-order valence-corrected chi connectivity index (χ3v) is 5.20. The Balaban J connectivity index is 1.58. The van der Waals surface area contributed by atoms with Crippen LogP contribution >= 0.6 is 0 Å². The van der Waals surface area contributed by atoms with E-state index in [1.54, 1.807) is 60.7 Å². The minimum atomic E-state index is -0.833. The van der Waals surface area contributed by atoms with Crippen LogP contribution in [0.25, 0.3) is 6.08 Å². The fraction of sp³-hybridized carbons (Fsp3) is 0.148. The summed E-state index contributed by atoms with van der Waals surface area (Å²) in [5.74, 6) is -0.866. The summed E-state index contributed by atoms with van der Waals surface area (Å²) in [7, 11) is 0. The molecule has 1 fully saturated rings. The number of benzene rings is 3. The molecule has 4 amide bonds. The van der Waals surface area contributed by atoms with Crippen LogP contribution in [0.5, 0.6) is 11.5 Å². The van der Waals surface area contributed by atoms with E-state index in [1.165, 1.54) is 18.2 Å². The average molecular weight is 474 g/mol. The van der Waals surface area contributed by atoms with Gasteiger partial charge in [0.25, 0.3) is 11.8 Å². The summed E-state index contributed by atoms with van der Waals surface area (Å²) in [6.07, 6.45) is 2.23. The van der Waals surface area contributed by atoms with Crippen LogP contribution in [-0.4, -0.2) is 24.5 Å². The van der Waals surface area contributed by atoms with Crippen molar-refractivity contribution in [2.75, 3.05) is 11.5 Å². The highest BCUT2D eigenvalue weighted by Gasteiger charge is 2.37. The van der Waals surface area contributed by atoms with Crippen LogP contribution < -0.4 is 19.7 Å². The summed E-state index contributed by atoms with van der Waals surface area (Å²) in [5.41, 5.74) is 1.32. The molecular weight excluding hydrogens is 451 g/mol. The Bertz CT molecular complexity index is 1270. The van der Waals surface area contributed by atoms with Gasteiger partial charge in [-0.05, 0) is 60.5 Å². The van der Waals surface area contributed by atoms with E-state index < -0.39 is 17.8 Å². The molecule has 0 bridgehead atoms. The summed E-state index contributed by atoms with van der Waals surface area (Å²) in [4.78, 5) is 39.1. The highest BCUT2D eigenvalue weighted by atomic mass is 19.1. The quantitative estimate of drug-likeness (QED) is 0.372. The van der Waals surface area contributed by atoms with Gasteiger partial charge in [-0.3, -0.25) is 14.9 Å². The van der Waals surface area contributed by atoms with Crippen LogP contribution in [0, 0.1) is 5.82 Å². The van der Waals surface area contributed by atoms with E-state index in [4.69, 9.17) is 9.47 Å². The second-order valence-electron chi connectivity index (χ2n) is 7.75. The highest BCUT2D eigenvalue weighted by molar-refractivity contribution is 6.39. The molecule has 1 heterocycles. The summed E-state index contributed by atoms with van der Waals surface area (Å²) < 4.78 is 24.5. The van der Waals surface area contributed by atoms with Crippen molar-refractivity contribution in [3.05, 3.63) is 95.3 Å². The van der Waals surface area contributed by atoms with Crippen LogP contribution in [0.3, 0.4) is 0 Å². The van der Waals surface area contributed by atoms with E-state index in [1.807, 2.05) is 6.92 Å². The van der Waals surface area contributed by atoms with Gasteiger partial charge in [0.1, 0.15) is 29.5 Å². The van der Waals surface area contributed by atoms with Crippen LogP contribution in [0.1, 0.15) is 24.5 Å². The molecule has 7 nitrogen and oxygen atoms in total. The second kappa shape index (κ2) is 10.6. The number of anilines is 1. The summed E-state index contributed by atoms with van der Waals surface area (Å²) >= 11 is 0. The predicted octanol–water partition coefficient (Wildman–Crippen LogP) is 4.86. The van der Waals surface area contributed by atoms with Crippen molar-refractivity contribution in [2.45, 2.75) is 20.0 Å². The standard InChI is InChI=1S/C27H23FN2O5/c1-2-15-34-22-13-11-21(12-14-22)30-26(32)23(25(31)29-27(30)33)16-19-5-3-4-6-24(19)35-17-18-7-9-20(28)10-8-18/h3-14,16H,2,15,17H2,1H3,(H,29,31,33)/b23-16-. The van der Waals surface area contributed by atoms with Gasteiger partial charge < -0.3 is 9.47 Å². The number of carbonyl (C=O) groups excluding carboxylic acids is 3. The number of nitrogens with one attached hydrogen (secondary N) is 1. The number of nitrogens with zero attached hydrogens (tertiary/aromatic N) is 1. The predicted molar refractivity (Wildman–Crippen MR) is 128 cm³/mol. The number of urea groups is 1. The van der Waals surface area contributed by atoms with Crippen molar-refractivity contribution in [2.24, 2.45) is 0 Å². The third-order valence-electron chi connectivity index (χ3n) is 5.20. The molecule has 35 heavy (non-hydrogen) atoms. The number of amides is 4. The molecule has 1 N–H and O–H groups in total. The fourth-order valence-corrected chi connectivity index (χ4v) is 3.43. The minimum Gasteiger partial charge on any atom is -0.494 e. The van der Waals surface area contributed by atoms with Crippen molar-refractivity contribution in [1.82, 2.24) is 5.32 Å². The van der Waals surface area contributed by atoms with E-state index in [-0.39, 0.29) is 18.0 Å². The van der Waals surface area contributed by atoms with Crippen LogP contribution in [0.4, 0.5) is 14.9 Å². The number of barbiturate groups is 1. The number of carbonyl (C=O) groups is 3. The van der Waals surface area contributed by atoms with Crippen LogP contribution in [0.15, 0.2) is 78.4 Å². The van der Waals surface area contributed by atoms with Gasteiger partial charge in [0.05, 0.1) is 12.3 Å². The van der Waals surface area contributed by atoms with Crippen molar-refractivity contribution < 1.29 is 28.2 Å². The zero-order valence-electron chi connectivity index (χ0n) is 19.0. The number of halogens is 1. The molecule has 3 aromatic rings. The lowest BCUT2D eigenvalue weighted by molar-refractivity contribution is -0.122. The number of ether oxygens (including phenoxy) is 2. The van der Waals surface area contributed by atoms with Gasteiger partial charge in [-0.2, -0.15) is 0 Å². The normalized spacial score (nSPS) is 14.7. The average Bonchev–Trinajstić information content (AvgIpc) is 2.86. The topological polar surface area (TPSA) is 84.9 Å². The Morgan fingerprint density at radius 2 is 1.63 bits per heavy atom. The first-order chi connectivity index (χ1) is 17.0. The molecule has 1 saturated heterocycles. The molecule has 0 saturated carbocycles. The molecule has 178 valence electrons. The maximum Gasteiger partial charge on any atom is 0.335 e. The number of rotatable bonds is 8. The van der Waals surface area contributed by atoms with Crippen LogP contribution in [-0.2, 0) is 16.2 Å². The van der Waals surface area contributed by atoms with E-state index in [2.05, 4.69) is 5.32 Å². The number of imide groups is 2. The molecule has 0 aliphatic carbocycles. The van der Waals surface area contributed by atoms with Crippen molar-refractivity contribution in [3.63, 3.8) is 0 Å². The molecule has 0 spiro atoms. The molecule has 4 rings (SSSR count). The van der Waals surface area contributed by atoms with E-state index in [9.17, 15) is 18.8 Å². The maximum absolute atomic E-state index is 13.2. The Morgan fingerprint density at radius 1 is 0.914 bits per heavy atom. The van der Waals surface area contributed by atoms with Gasteiger partial charge in [0.15, 0.2) is 0 Å².